The van der Waals surface area contributed by atoms with Gasteiger partial charge in [-0.05, 0) is 73.5 Å². The SMILES string of the molecule is CCOC(=O)c1cc(OC)ccc1OC[C@H](OCC)c1cccc(/C=C/c2ccc3ccc(Cl)cc3n2)c1. The summed E-state index contributed by atoms with van der Waals surface area (Å²) in [5, 5.41) is 1.70. The molecule has 196 valence electrons. The smallest absolute Gasteiger partial charge is 0.342 e. The molecule has 0 unspecified atom stereocenters. The van der Waals surface area contributed by atoms with Crippen LogP contribution in [-0.4, -0.2) is 37.9 Å². The first-order valence-electron chi connectivity index (χ1n) is 12.4. The third-order valence-electron chi connectivity index (χ3n) is 5.84. The fourth-order valence-corrected chi connectivity index (χ4v) is 4.15. The number of benzene rings is 3. The Morgan fingerprint density at radius 1 is 0.974 bits per heavy atom. The zero-order valence-electron chi connectivity index (χ0n) is 21.6. The van der Waals surface area contributed by atoms with Crippen LogP contribution >= 0.6 is 11.6 Å². The van der Waals surface area contributed by atoms with Crippen LogP contribution in [0.5, 0.6) is 11.5 Å². The topological polar surface area (TPSA) is 66.9 Å². The summed E-state index contributed by atoms with van der Waals surface area (Å²) < 4.78 is 22.5. The third kappa shape index (κ3) is 6.91. The van der Waals surface area contributed by atoms with Crippen molar-refractivity contribution in [2.45, 2.75) is 20.0 Å². The standard InChI is InChI=1S/C31H30ClNO5/c1-4-36-30(20-38-29-16-15-26(35-3)19-27(29)31(34)37-5-2)23-8-6-7-21(17-23)9-13-25-14-11-22-10-12-24(32)18-28(22)33-25/h6-19,30H,4-5,20H2,1-3H3/b13-9+/t30-/m0/s1. The average molecular weight is 532 g/mol. The van der Waals surface area contributed by atoms with E-state index in [2.05, 4.69) is 11.1 Å². The lowest BCUT2D eigenvalue weighted by molar-refractivity contribution is 0.0255. The van der Waals surface area contributed by atoms with E-state index in [4.69, 9.17) is 30.5 Å². The van der Waals surface area contributed by atoms with Crippen LogP contribution < -0.4 is 9.47 Å². The summed E-state index contributed by atoms with van der Waals surface area (Å²) in [6.07, 6.45) is 3.63. The number of carbonyl (C=O) groups is 1. The largest absolute Gasteiger partial charge is 0.497 e. The molecule has 0 fully saturated rings. The Morgan fingerprint density at radius 3 is 2.61 bits per heavy atom. The second kappa shape index (κ2) is 13.1. The minimum absolute atomic E-state index is 0.215. The minimum Gasteiger partial charge on any atom is -0.497 e. The van der Waals surface area contributed by atoms with E-state index < -0.39 is 5.97 Å². The summed E-state index contributed by atoms with van der Waals surface area (Å²) in [6, 6.07) is 22.8. The normalized spacial score (nSPS) is 12.0. The molecule has 0 saturated carbocycles. The molecule has 0 saturated heterocycles. The molecular weight excluding hydrogens is 502 g/mol. The van der Waals surface area contributed by atoms with Crippen LogP contribution in [0.1, 0.15) is 47.1 Å². The number of ether oxygens (including phenoxy) is 4. The number of nitrogens with zero attached hydrogens (tertiary/aromatic N) is 1. The molecule has 3 aromatic carbocycles. The van der Waals surface area contributed by atoms with E-state index in [0.29, 0.717) is 28.7 Å². The number of carbonyl (C=O) groups excluding carboxylic acids is 1. The van der Waals surface area contributed by atoms with Crippen LogP contribution in [0.4, 0.5) is 0 Å². The van der Waals surface area contributed by atoms with E-state index in [1.165, 1.54) is 0 Å². The molecule has 0 amide bonds. The first-order chi connectivity index (χ1) is 18.5. The molecule has 0 aliphatic rings. The molecular formula is C31H30ClNO5. The maximum absolute atomic E-state index is 12.5. The van der Waals surface area contributed by atoms with Crippen LogP contribution in [0.25, 0.3) is 23.1 Å². The molecule has 0 radical (unpaired) electrons. The average Bonchev–Trinajstić information content (AvgIpc) is 2.94. The number of pyridine rings is 1. The van der Waals surface area contributed by atoms with Gasteiger partial charge in [-0.2, -0.15) is 0 Å². The van der Waals surface area contributed by atoms with Crippen molar-refractivity contribution in [1.82, 2.24) is 4.98 Å². The van der Waals surface area contributed by atoms with Crippen molar-refractivity contribution in [3.63, 3.8) is 0 Å². The fourth-order valence-electron chi connectivity index (χ4n) is 3.98. The lowest BCUT2D eigenvalue weighted by atomic mass is 10.1. The lowest BCUT2D eigenvalue weighted by Gasteiger charge is -2.20. The van der Waals surface area contributed by atoms with Gasteiger partial charge in [-0.1, -0.05) is 48.0 Å². The number of aromatic nitrogens is 1. The van der Waals surface area contributed by atoms with Gasteiger partial charge in [0.15, 0.2) is 0 Å². The van der Waals surface area contributed by atoms with Gasteiger partial charge in [-0.25, -0.2) is 9.78 Å². The third-order valence-corrected chi connectivity index (χ3v) is 6.08. The van der Waals surface area contributed by atoms with Gasteiger partial charge in [-0.15, -0.1) is 0 Å². The van der Waals surface area contributed by atoms with Gasteiger partial charge in [0, 0.05) is 17.0 Å². The number of fused-ring (bicyclic) bond motifs is 1. The second-order valence-corrected chi connectivity index (χ2v) is 8.85. The molecule has 0 spiro atoms. The molecule has 7 heteroatoms. The molecule has 1 heterocycles. The Bertz CT molecular complexity index is 1440. The number of hydrogen-bond acceptors (Lipinski definition) is 6. The van der Waals surface area contributed by atoms with Gasteiger partial charge in [0.1, 0.15) is 29.8 Å². The van der Waals surface area contributed by atoms with Gasteiger partial charge in [0.05, 0.1) is 24.9 Å². The first kappa shape index (κ1) is 27.2. The van der Waals surface area contributed by atoms with Crippen LogP contribution in [0.2, 0.25) is 5.02 Å². The predicted molar refractivity (Wildman–Crippen MR) is 151 cm³/mol. The lowest BCUT2D eigenvalue weighted by Crippen LogP contribution is -2.16. The highest BCUT2D eigenvalue weighted by Gasteiger charge is 2.18. The Kier molecular flexibility index (Phi) is 9.35. The van der Waals surface area contributed by atoms with E-state index in [9.17, 15) is 4.79 Å². The predicted octanol–water partition coefficient (Wildman–Crippen LogP) is 7.40. The monoisotopic (exact) mass is 531 g/mol. The van der Waals surface area contributed by atoms with E-state index in [0.717, 1.165) is 27.7 Å². The van der Waals surface area contributed by atoms with Crippen molar-refractivity contribution in [3.8, 4) is 11.5 Å². The van der Waals surface area contributed by atoms with E-state index in [1.54, 1.807) is 32.2 Å². The fraction of sp³-hybridized carbons (Fsp3) is 0.226. The molecule has 0 bridgehead atoms. The summed E-state index contributed by atoms with van der Waals surface area (Å²) in [7, 11) is 1.54. The van der Waals surface area contributed by atoms with Crippen molar-refractivity contribution in [2.24, 2.45) is 0 Å². The van der Waals surface area contributed by atoms with Gasteiger partial charge < -0.3 is 18.9 Å². The molecule has 0 aliphatic heterocycles. The zero-order valence-corrected chi connectivity index (χ0v) is 22.4. The van der Waals surface area contributed by atoms with Crippen molar-refractivity contribution in [2.75, 3.05) is 26.9 Å². The highest BCUT2D eigenvalue weighted by molar-refractivity contribution is 6.31. The Hall–Kier alpha value is -3.87. The summed E-state index contributed by atoms with van der Waals surface area (Å²) in [5.41, 5.74) is 3.95. The Morgan fingerprint density at radius 2 is 1.82 bits per heavy atom. The summed E-state index contributed by atoms with van der Waals surface area (Å²) in [5.74, 6) is 0.490. The highest BCUT2D eigenvalue weighted by atomic mass is 35.5. The minimum atomic E-state index is -0.467. The van der Waals surface area contributed by atoms with Crippen molar-refractivity contribution >= 4 is 40.6 Å². The molecule has 6 nitrogen and oxygen atoms in total. The maximum Gasteiger partial charge on any atom is 0.342 e. The maximum atomic E-state index is 12.5. The van der Waals surface area contributed by atoms with E-state index >= 15 is 0 Å². The van der Waals surface area contributed by atoms with E-state index in [-0.39, 0.29) is 19.3 Å². The summed E-state index contributed by atoms with van der Waals surface area (Å²) >= 11 is 6.12. The number of halogens is 1. The Labute approximate surface area is 227 Å². The zero-order chi connectivity index (χ0) is 26.9. The molecule has 0 aliphatic carbocycles. The first-order valence-corrected chi connectivity index (χ1v) is 12.8. The van der Waals surface area contributed by atoms with Crippen molar-refractivity contribution in [3.05, 3.63) is 100 Å². The highest BCUT2D eigenvalue weighted by Crippen LogP contribution is 2.28. The van der Waals surface area contributed by atoms with Gasteiger partial charge in [0.2, 0.25) is 0 Å². The molecule has 4 aromatic rings. The molecule has 1 atom stereocenters. The van der Waals surface area contributed by atoms with Gasteiger partial charge in [0.25, 0.3) is 0 Å². The van der Waals surface area contributed by atoms with Crippen LogP contribution in [-0.2, 0) is 9.47 Å². The number of rotatable bonds is 11. The number of methoxy groups -OCH3 is 1. The van der Waals surface area contributed by atoms with Crippen molar-refractivity contribution in [1.29, 1.82) is 0 Å². The van der Waals surface area contributed by atoms with Gasteiger partial charge in [-0.3, -0.25) is 0 Å². The molecule has 4 rings (SSSR count). The van der Waals surface area contributed by atoms with Crippen molar-refractivity contribution < 1.29 is 23.7 Å². The quantitative estimate of drug-likeness (QED) is 0.188. The number of hydrogen-bond donors (Lipinski definition) is 0. The van der Waals surface area contributed by atoms with E-state index in [1.807, 2.05) is 67.6 Å². The van der Waals surface area contributed by atoms with Crippen LogP contribution in [0.15, 0.2) is 72.8 Å². The number of esters is 1. The summed E-state index contributed by atoms with van der Waals surface area (Å²) in [6.45, 7) is 4.68. The molecule has 0 N–H and O–H groups in total. The molecule has 1 aromatic heterocycles. The van der Waals surface area contributed by atoms with Gasteiger partial charge >= 0.3 is 5.97 Å². The molecule has 38 heavy (non-hydrogen) atoms. The van der Waals surface area contributed by atoms with Crippen LogP contribution in [0, 0.1) is 0 Å². The second-order valence-electron chi connectivity index (χ2n) is 8.41. The van der Waals surface area contributed by atoms with Crippen LogP contribution in [0.3, 0.4) is 0 Å². The Balaban J connectivity index is 1.52. The summed E-state index contributed by atoms with van der Waals surface area (Å²) in [4.78, 5) is 17.2.